The van der Waals surface area contributed by atoms with Crippen LogP contribution in [0.4, 0.5) is 11.5 Å². The number of pyridine rings is 1. The Balaban J connectivity index is 3.07. The van der Waals surface area contributed by atoms with Crippen molar-refractivity contribution in [3.63, 3.8) is 0 Å². The number of hydrogen-bond acceptors (Lipinski definition) is 3. The number of nitrogens with zero attached hydrogens (tertiary/aromatic N) is 1. The van der Waals surface area contributed by atoms with Crippen LogP contribution in [0.1, 0.15) is 0 Å². The zero-order valence-electron chi connectivity index (χ0n) is 5.08. The predicted octanol–water partition coefficient (Wildman–Crippen LogP) is -0.0987. The average Bonchev–Trinajstić information content (AvgIpc) is 1.88. The molecule has 0 bridgehead atoms. The highest BCUT2D eigenvalue weighted by molar-refractivity contribution is 6.29. The van der Waals surface area contributed by atoms with Gasteiger partial charge in [-0.3, -0.25) is 0 Å². The zero-order valence-corrected chi connectivity index (χ0v) is 5.84. The first kappa shape index (κ1) is 7.27. The SMILES string of the molecule is Nc1nc(Cl)ccc1[NH2+]O. The largest absolute Gasteiger partial charge is 0.379 e. The second kappa shape index (κ2) is 2.83. The summed E-state index contributed by atoms with van der Waals surface area (Å²) in [6.45, 7) is 0. The molecule has 0 fully saturated rings. The number of hydrogen-bond donors (Lipinski definition) is 3. The Morgan fingerprint density at radius 2 is 2.30 bits per heavy atom. The maximum atomic E-state index is 8.52. The number of rotatable bonds is 1. The summed E-state index contributed by atoms with van der Waals surface area (Å²) in [5.74, 6) is 0.231. The van der Waals surface area contributed by atoms with Gasteiger partial charge >= 0.3 is 0 Å². The smallest absolute Gasteiger partial charge is 0.204 e. The monoisotopic (exact) mass is 160 g/mol. The second-order valence-corrected chi connectivity index (χ2v) is 2.12. The Kier molecular flexibility index (Phi) is 2.06. The molecule has 0 spiro atoms. The molecule has 4 nitrogen and oxygen atoms in total. The van der Waals surface area contributed by atoms with Crippen molar-refractivity contribution in [1.82, 2.24) is 4.98 Å². The minimum atomic E-state index is 0.231. The summed E-state index contributed by atoms with van der Waals surface area (Å²) >= 11 is 5.49. The third-order valence-electron chi connectivity index (χ3n) is 1.06. The van der Waals surface area contributed by atoms with Crippen molar-refractivity contribution in [2.24, 2.45) is 0 Å². The molecule has 0 saturated carbocycles. The summed E-state index contributed by atoms with van der Waals surface area (Å²) in [4.78, 5) is 3.70. The van der Waals surface area contributed by atoms with E-state index in [0.717, 1.165) is 5.48 Å². The van der Waals surface area contributed by atoms with E-state index in [1.54, 1.807) is 12.1 Å². The molecular weight excluding hydrogens is 154 g/mol. The molecule has 1 aromatic rings. The van der Waals surface area contributed by atoms with Crippen LogP contribution in [-0.2, 0) is 0 Å². The molecule has 0 atom stereocenters. The highest BCUT2D eigenvalue weighted by Gasteiger charge is 2.02. The van der Waals surface area contributed by atoms with Gasteiger partial charge < -0.3 is 5.73 Å². The van der Waals surface area contributed by atoms with Crippen LogP contribution in [0.3, 0.4) is 0 Å². The Bertz CT molecular complexity index is 240. The summed E-state index contributed by atoms with van der Waals surface area (Å²) in [6.07, 6.45) is 0. The molecule has 0 aliphatic rings. The molecule has 10 heavy (non-hydrogen) atoms. The number of halogens is 1. The minimum absolute atomic E-state index is 0.231. The van der Waals surface area contributed by atoms with E-state index in [0.29, 0.717) is 10.8 Å². The second-order valence-electron chi connectivity index (χ2n) is 1.74. The fraction of sp³-hybridized carbons (Fsp3) is 0. The van der Waals surface area contributed by atoms with Crippen LogP contribution in [0.25, 0.3) is 0 Å². The molecule has 5 heteroatoms. The van der Waals surface area contributed by atoms with Gasteiger partial charge in [-0.1, -0.05) is 11.6 Å². The van der Waals surface area contributed by atoms with Gasteiger partial charge in [-0.05, 0) is 6.07 Å². The van der Waals surface area contributed by atoms with Gasteiger partial charge in [-0.15, -0.1) is 0 Å². The van der Waals surface area contributed by atoms with Crippen LogP contribution in [0.15, 0.2) is 12.1 Å². The topological polar surface area (TPSA) is 75.8 Å². The van der Waals surface area contributed by atoms with Gasteiger partial charge in [0.1, 0.15) is 5.15 Å². The molecule has 5 N–H and O–H groups in total. The summed E-state index contributed by atoms with van der Waals surface area (Å²) in [5.41, 5.74) is 6.71. The number of nitrogens with two attached hydrogens (primary N) is 2. The summed E-state index contributed by atoms with van der Waals surface area (Å²) in [7, 11) is 0. The molecule has 0 aliphatic carbocycles. The van der Waals surface area contributed by atoms with E-state index in [-0.39, 0.29) is 5.82 Å². The quantitative estimate of drug-likeness (QED) is 0.397. The Morgan fingerprint density at radius 3 is 2.80 bits per heavy atom. The highest BCUT2D eigenvalue weighted by Crippen LogP contribution is 2.12. The zero-order chi connectivity index (χ0) is 7.56. The third kappa shape index (κ3) is 1.36. The Labute approximate surface area is 62.6 Å². The van der Waals surface area contributed by atoms with Gasteiger partial charge in [0.2, 0.25) is 5.69 Å². The minimum Gasteiger partial charge on any atom is -0.379 e. The molecular formula is C5H7ClN3O+. The van der Waals surface area contributed by atoms with Crippen molar-refractivity contribution in [2.75, 3.05) is 5.73 Å². The first-order valence-electron chi connectivity index (χ1n) is 2.63. The fourth-order valence-electron chi connectivity index (χ4n) is 0.570. The van der Waals surface area contributed by atoms with Gasteiger partial charge in [0, 0.05) is 6.07 Å². The molecule has 0 aromatic carbocycles. The lowest BCUT2D eigenvalue weighted by Gasteiger charge is -1.95. The molecule has 0 unspecified atom stereocenters. The molecule has 0 radical (unpaired) electrons. The van der Waals surface area contributed by atoms with E-state index in [2.05, 4.69) is 4.98 Å². The molecule has 0 aliphatic heterocycles. The number of nitrogen functional groups attached to an aromatic ring is 1. The fourth-order valence-corrected chi connectivity index (χ4v) is 0.724. The first-order chi connectivity index (χ1) is 4.74. The van der Waals surface area contributed by atoms with Gasteiger partial charge in [-0.25, -0.2) is 10.2 Å². The van der Waals surface area contributed by atoms with Crippen molar-refractivity contribution in [2.45, 2.75) is 0 Å². The van der Waals surface area contributed by atoms with E-state index >= 15 is 0 Å². The molecule has 54 valence electrons. The van der Waals surface area contributed by atoms with Crippen LogP contribution in [0, 0.1) is 0 Å². The van der Waals surface area contributed by atoms with Crippen LogP contribution in [0.2, 0.25) is 5.15 Å². The first-order valence-corrected chi connectivity index (χ1v) is 3.01. The Hall–Kier alpha value is -0.840. The molecule has 1 aromatic heterocycles. The van der Waals surface area contributed by atoms with E-state index in [1.807, 2.05) is 0 Å². The van der Waals surface area contributed by atoms with Crippen LogP contribution in [-0.4, -0.2) is 10.2 Å². The lowest BCUT2D eigenvalue weighted by atomic mass is 10.4. The maximum absolute atomic E-state index is 8.52. The number of anilines is 1. The van der Waals surface area contributed by atoms with Crippen molar-refractivity contribution >= 4 is 23.1 Å². The summed E-state index contributed by atoms with van der Waals surface area (Å²) < 4.78 is 0. The van der Waals surface area contributed by atoms with Crippen LogP contribution < -0.4 is 11.2 Å². The van der Waals surface area contributed by atoms with Gasteiger partial charge in [0.15, 0.2) is 5.82 Å². The molecule has 1 heterocycles. The molecule has 1 rings (SSSR count). The highest BCUT2D eigenvalue weighted by atomic mass is 35.5. The lowest BCUT2D eigenvalue weighted by molar-refractivity contribution is -0.825. The lowest BCUT2D eigenvalue weighted by Crippen LogP contribution is -2.74. The van der Waals surface area contributed by atoms with Gasteiger partial charge in [0.25, 0.3) is 0 Å². The van der Waals surface area contributed by atoms with Crippen molar-refractivity contribution < 1.29 is 10.7 Å². The van der Waals surface area contributed by atoms with Crippen LogP contribution in [0.5, 0.6) is 0 Å². The van der Waals surface area contributed by atoms with E-state index in [4.69, 9.17) is 22.5 Å². The summed E-state index contributed by atoms with van der Waals surface area (Å²) in [6, 6.07) is 3.14. The van der Waals surface area contributed by atoms with Gasteiger partial charge in [0.05, 0.1) is 0 Å². The normalized spacial score (nSPS) is 9.80. The van der Waals surface area contributed by atoms with E-state index in [1.165, 1.54) is 0 Å². The van der Waals surface area contributed by atoms with Crippen molar-refractivity contribution in [3.8, 4) is 0 Å². The Morgan fingerprint density at radius 1 is 1.60 bits per heavy atom. The van der Waals surface area contributed by atoms with E-state index < -0.39 is 0 Å². The summed E-state index contributed by atoms with van der Waals surface area (Å²) in [5, 5.41) is 8.84. The average molecular weight is 161 g/mol. The standard InChI is InChI=1S/C5H6ClN3O/c6-4-2-1-3(9-10)5(7)8-4/h1-2,9-10H,(H2,7,8)/p+1. The number of aromatic nitrogens is 1. The number of quaternary nitrogens is 1. The molecule has 0 saturated heterocycles. The van der Waals surface area contributed by atoms with Gasteiger partial charge in [-0.2, -0.15) is 5.48 Å². The third-order valence-corrected chi connectivity index (χ3v) is 1.27. The van der Waals surface area contributed by atoms with Crippen LogP contribution >= 0.6 is 11.6 Å². The predicted molar refractivity (Wildman–Crippen MR) is 37.0 cm³/mol. The molecule has 0 amide bonds. The maximum Gasteiger partial charge on any atom is 0.204 e. The van der Waals surface area contributed by atoms with E-state index in [9.17, 15) is 0 Å². The van der Waals surface area contributed by atoms with Crippen molar-refractivity contribution in [1.29, 1.82) is 0 Å². The van der Waals surface area contributed by atoms with Crippen molar-refractivity contribution in [3.05, 3.63) is 17.3 Å².